The molecule has 0 unspecified atom stereocenters. The van der Waals surface area contributed by atoms with Crippen LogP contribution >= 0.6 is 11.3 Å². The van der Waals surface area contributed by atoms with Crippen molar-refractivity contribution in [3.05, 3.63) is 69.9 Å². The summed E-state index contributed by atoms with van der Waals surface area (Å²) < 4.78 is 21.5. The minimum atomic E-state index is -0.243. The molecule has 3 rings (SSSR count). The zero-order valence-corrected chi connectivity index (χ0v) is 24.2. The maximum absolute atomic E-state index is 13.7. The summed E-state index contributed by atoms with van der Waals surface area (Å²) >= 11 is 1.61. The molecule has 2 amide bonds. The lowest BCUT2D eigenvalue weighted by molar-refractivity contribution is -0.132. The van der Waals surface area contributed by atoms with Crippen LogP contribution in [0.15, 0.2) is 53.9 Å². The minimum absolute atomic E-state index is 0.0225. The predicted molar refractivity (Wildman–Crippen MR) is 153 cm³/mol. The van der Waals surface area contributed by atoms with E-state index in [9.17, 15) is 9.59 Å². The molecule has 2 aromatic carbocycles. The van der Waals surface area contributed by atoms with Gasteiger partial charge in [-0.2, -0.15) is 0 Å². The van der Waals surface area contributed by atoms with Crippen LogP contribution in [-0.2, 0) is 17.8 Å². The molecule has 0 fully saturated rings. The number of carbonyl (C=O) groups is 2. The normalized spacial score (nSPS) is 10.6. The Labute approximate surface area is 235 Å². The highest BCUT2D eigenvalue weighted by molar-refractivity contribution is 7.09. The second-order valence-electron chi connectivity index (χ2n) is 8.98. The molecule has 0 aliphatic heterocycles. The van der Waals surface area contributed by atoms with E-state index in [1.54, 1.807) is 55.8 Å². The molecule has 0 atom stereocenters. The van der Waals surface area contributed by atoms with Crippen molar-refractivity contribution in [2.75, 3.05) is 48.1 Å². The molecule has 210 valence electrons. The van der Waals surface area contributed by atoms with Crippen molar-refractivity contribution in [2.45, 2.75) is 32.7 Å². The van der Waals surface area contributed by atoms with E-state index in [1.165, 1.54) is 7.11 Å². The first-order valence-electron chi connectivity index (χ1n) is 13.0. The standard InChI is InChI=1S/C30H38N2O6S/c1-6-7-15-32(30(34)25-12-11-23(35-2)19-27(25)37-4)21-29(33)31(20-24-9-8-17-39-24)16-14-22-10-13-26(36-3)28(18-22)38-5/h8-13,17-19H,6-7,14-16,20-21H2,1-5H3. The summed E-state index contributed by atoms with van der Waals surface area (Å²) in [6.45, 7) is 3.48. The third kappa shape index (κ3) is 8.13. The molecule has 9 heteroatoms. The quantitative estimate of drug-likeness (QED) is 0.254. The molecule has 3 aromatic rings. The molecule has 0 aliphatic carbocycles. The zero-order valence-electron chi connectivity index (χ0n) is 23.4. The van der Waals surface area contributed by atoms with Crippen LogP contribution in [0.1, 0.15) is 40.6 Å². The highest BCUT2D eigenvalue weighted by atomic mass is 32.1. The molecule has 0 saturated carbocycles. The fourth-order valence-electron chi connectivity index (χ4n) is 4.19. The Kier molecular flexibility index (Phi) is 11.5. The van der Waals surface area contributed by atoms with E-state index in [1.807, 2.05) is 40.6 Å². The Hall–Kier alpha value is -3.72. The summed E-state index contributed by atoms with van der Waals surface area (Å²) in [5, 5.41) is 2.00. The Morgan fingerprint density at radius 1 is 0.821 bits per heavy atom. The number of rotatable bonds is 15. The fourth-order valence-corrected chi connectivity index (χ4v) is 4.91. The molecule has 0 spiro atoms. The number of nitrogens with zero attached hydrogens (tertiary/aromatic N) is 2. The number of hydrogen-bond donors (Lipinski definition) is 0. The van der Waals surface area contributed by atoms with Gasteiger partial charge in [0.25, 0.3) is 5.91 Å². The summed E-state index contributed by atoms with van der Waals surface area (Å²) in [7, 11) is 6.29. The Morgan fingerprint density at radius 2 is 1.59 bits per heavy atom. The van der Waals surface area contributed by atoms with Gasteiger partial charge in [-0.05, 0) is 54.1 Å². The Bertz CT molecular complexity index is 1210. The number of unbranched alkanes of at least 4 members (excludes halogenated alkanes) is 1. The molecule has 1 heterocycles. The van der Waals surface area contributed by atoms with Crippen molar-refractivity contribution < 1.29 is 28.5 Å². The molecule has 0 N–H and O–H groups in total. The van der Waals surface area contributed by atoms with Crippen molar-refractivity contribution in [3.63, 3.8) is 0 Å². The monoisotopic (exact) mass is 554 g/mol. The van der Waals surface area contributed by atoms with Gasteiger partial charge in [0.2, 0.25) is 5.91 Å². The highest BCUT2D eigenvalue weighted by Gasteiger charge is 2.25. The molecule has 0 bridgehead atoms. The van der Waals surface area contributed by atoms with Crippen molar-refractivity contribution >= 4 is 23.2 Å². The highest BCUT2D eigenvalue weighted by Crippen LogP contribution is 2.28. The van der Waals surface area contributed by atoms with Gasteiger partial charge in [-0.3, -0.25) is 9.59 Å². The van der Waals surface area contributed by atoms with E-state index < -0.39 is 0 Å². The number of amides is 2. The number of hydrogen-bond acceptors (Lipinski definition) is 7. The van der Waals surface area contributed by atoms with Gasteiger partial charge < -0.3 is 28.7 Å². The van der Waals surface area contributed by atoms with Gasteiger partial charge in [0.15, 0.2) is 11.5 Å². The van der Waals surface area contributed by atoms with Gasteiger partial charge in [0.05, 0.1) is 40.5 Å². The summed E-state index contributed by atoms with van der Waals surface area (Å²) in [6, 6.07) is 14.9. The minimum Gasteiger partial charge on any atom is -0.497 e. The van der Waals surface area contributed by atoms with Crippen LogP contribution in [0.2, 0.25) is 0 Å². The first-order chi connectivity index (χ1) is 18.9. The molecular weight excluding hydrogens is 516 g/mol. The summed E-state index contributed by atoms with van der Waals surface area (Å²) in [5.74, 6) is 1.96. The third-order valence-corrected chi connectivity index (χ3v) is 7.29. The summed E-state index contributed by atoms with van der Waals surface area (Å²) in [4.78, 5) is 31.9. The van der Waals surface area contributed by atoms with E-state index in [2.05, 4.69) is 6.92 Å². The van der Waals surface area contributed by atoms with Crippen LogP contribution in [-0.4, -0.2) is 69.7 Å². The van der Waals surface area contributed by atoms with Crippen LogP contribution in [0.3, 0.4) is 0 Å². The Morgan fingerprint density at radius 3 is 2.23 bits per heavy atom. The SMILES string of the molecule is CCCCN(CC(=O)N(CCc1ccc(OC)c(OC)c1)Cc1cccs1)C(=O)c1ccc(OC)cc1OC. The number of carbonyl (C=O) groups excluding carboxylic acids is 2. The van der Waals surface area contributed by atoms with E-state index in [-0.39, 0.29) is 18.4 Å². The van der Waals surface area contributed by atoms with E-state index in [4.69, 9.17) is 18.9 Å². The van der Waals surface area contributed by atoms with Gasteiger partial charge in [-0.15, -0.1) is 11.3 Å². The average Bonchev–Trinajstić information content (AvgIpc) is 3.49. The largest absolute Gasteiger partial charge is 0.497 e. The zero-order chi connectivity index (χ0) is 28.2. The number of thiophene rings is 1. The lowest BCUT2D eigenvalue weighted by atomic mass is 10.1. The second-order valence-corrected chi connectivity index (χ2v) is 10.0. The van der Waals surface area contributed by atoms with Crippen LogP contribution < -0.4 is 18.9 Å². The smallest absolute Gasteiger partial charge is 0.258 e. The van der Waals surface area contributed by atoms with E-state index in [0.717, 1.165) is 23.3 Å². The first-order valence-corrected chi connectivity index (χ1v) is 13.8. The maximum Gasteiger partial charge on any atom is 0.258 e. The van der Waals surface area contributed by atoms with Gasteiger partial charge in [0, 0.05) is 24.0 Å². The molecule has 0 saturated heterocycles. The number of ether oxygens (including phenoxy) is 4. The topological polar surface area (TPSA) is 77.5 Å². The van der Waals surface area contributed by atoms with Crippen LogP contribution in [0.4, 0.5) is 0 Å². The molecule has 0 aliphatic rings. The summed E-state index contributed by atoms with van der Waals surface area (Å²) in [5.41, 5.74) is 1.43. The first kappa shape index (κ1) is 29.8. The van der Waals surface area contributed by atoms with Crippen LogP contribution in [0, 0.1) is 0 Å². The fraction of sp³-hybridized carbons (Fsp3) is 0.400. The Balaban J connectivity index is 1.81. The third-order valence-electron chi connectivity index (χ3n) is 6.43. The number of benzene rings is 2. The predicted octanol–water partition coefficient (Wildman–Crippen LogP) is 5.30. The molecule has 1 aromatic heterocycles. The molecule has 0 radical (unpaired) electrons. The lowest BCUT2D eigenvalue weighted by Crippen LogP contribution is -2.43. The molecular formula is C30H38N2O6S. The van der Waals surface area contributed by atoms with E-state index in [0.29, 0.717) is 54.6 Å². The van der Waals surface area contributed by atoms with E-state index >= 15 is 0 Å². The second kappa shape index (κ2) is 15.0. The van der Waals surface area contributed by atoms with Crippen LogP contribution in [0.5, 0.6) is 23.0 Å². The number of methoxy groups -OCH3 is 4. The van der Waals surface area contributed by atoms with Gasteiger partial charge in [-0.1, -0.05) is 25.5 Å². The van der Waals surface area contributed by atoms with Crippen molar-refractivity contribution in [1.29, 1.82) is 0 Å². The molecule has 39 heavy (non-hydrogen) atoms. The van der Waals surface area contributed by atoms with Crippen molar-refractivity contribution in [3.8, 4) is 23.0 Å². The average molecular weight is 555 g/mol. The van der Waals surface area contributed by atoms with Gasteiger partial charge in [0.1, 0.15) is 18.0 Å². The summed E-state index contributed by atoms with van der Waals surface area (Å²) in [6.07, 6.45) is 2.32. The molecule has 8 nitrogen and oxygen atoms in total. The maximum atomic E-state index is 13.7. The lowest BCUT2D eigenvalue weighted by Gasteiger charge is -2.28. The van der Waals surface area contributed by atoms with Gasteiger partial charge in [-0.25, -0.2) is 0 Å². The van der Waals surface area contributed by atoms with Crippen molar-refractivity contribution in [2.24, 2.45) is 0 Å². The van der Waals surface area contributed by atoms with Crippen LogP contribution in [0.25, 0.3) is 0 Å². The van der Waals surface area contributed by atoms with Gasteiger partial charge >= 0.3 is 0 Å². The van der Waals surface area contributed by atoms with Crippen molar-refractivity contribution in [1.82, 2.24) is 9.80 Å².